The molecule has 2 aliphatic heterocycles. The van der Waals surface area contributed by atoms with Gasteiger partial charge >= 0.3 is 12.2 Å². The number of hydrogen-bond donors (Lipinski definition) is 0. The number of rotatable bonds is 2. The molecule has 0 spiro atoms. The van der Waals surface area contributed by atoms with E-state index >= 15 is 0 Å². The van der Waals surface area contributed by atoms with E-state index in [9.17, 15) is 14.4 Å². The second-order valence-corrected chi connectivity index (χ2v) is 8.17. The largest absolute Gasteiger partial charge is 0.444 e. The Bertz CT molecular complexity index is 713. The van der Waals surface area contributed by atoms with Gasteiger partial charge in [0.05, 0.1) is 5.92 Å². The van der Waals surface area contributed by atoms with Crippen molar-refractivity contribution in [1.29, 1.82) is 0 Å². The molecule has 27 heavy (non-hydrogen) atoms. The first-order valence-electron chi connectivity index (χ1n) is 9.23. The molecule has 3 rings (SSSR count). The maximum Gasteiger partial charge on any atom is 0.416 e. The molecule has 2 fully saturated rings. The van der Waals surface area contributed by atoms with Crippen LogP contribution in [0.5, 0.6) is 0 Å². The predicted octanol–water partition coefficient (Wildman–Crippen LogP) is 3.04. The van der Waals surface area contributed by atoms with E-state index in [0.29, 0.717) is 13.0 Å². The Morgan fingerprint density at radius 3 is 2.44 bits per heavy atom. The van der Waals surface area contributed by atoms with Gasteiger partial charge in [-0.1, -0.05) is 30.3 Å². The number of hydrogen-bond acceptors (Lipinski definition) is 5. The van der Waals surface area contributed by atoms with Crippen LogP contribution in [0.4, 0.5) is 9.59 Å². The maximum atomic E-state index is 12.7. The monoisotopic (exact) mass is 374 g/mol. The van der Waals surface area contributed by atoms with Crippen molar-refractivity contribution in [2.75, 3.05) is 19.6 Å². The number of likely N-dealkylation sites (tertiary alicyclic amines) is 2. The van der Waals surface area contributed by atoms with Gasteiger partial charge in [-0.05, 0) is 38.7 Å². The fourth-order valence-corrected chi connectivity index (χ4v) is 3.52. The van der Waals surface area contributed by atoms with Crippen molar-refractivity contribution in [3.05, 3.63) is 35.9 Å². The van der Waals surface area contributed by atoms with Gasteiger partial charge < -0.3 is 14.4 Å². The Labute approximate surface area is 159 Å². The molecule has 7 heteroatoms. The van der Waals surface area contributed by atoms with Crippen LogP contribution >= 0.6 is 0 Å². The van der Waals surface area contributed by atoms with Gasteiger partial charge in [-0.3, -0.25) is 4.79 Å². The van der Waals surface area contributed by atoms with Gasteiger partial charge in [0.15, 0.2) is 0 Å². The fourth-order valence-electron chi connectivity index (χ4n) is 3.52. The highest BCUT2D eigenvalue weighted by atomic mass is 16.6. The molecular formula is C20H26N2O5. The number of amides is 3. The lowest BCUT2D eigenvalue weighted by molar-refractivity contribution is -0.141. The lowest BCUT2D eigenvalue weighted by atomic mass is 9.84. The summed E-state index contributed by atoms with van der Waals surface area (Å²) in [7, 11) is 0. The van der Waals surface area contributed by atoms with Crippen molar-refractivity contribution < 1.29 is 23.9 Å². The Hall–Kier alpha value is -2.57. The maximum absolute atomic E-state index is 12.7. The predicted molar refractivity (Wildman–Crippen MR) is 97.7 cm³/mol. The highest BCUT2D eigenvalue weighted by molar-refractivity contribution is 5.94. The summed E-state index contributed by atoms with van der Waals surface area (Å²) in [5.41, 5.74) is 0.285. The quantitative estimate of drug-likeness (QED) is 0.795. The summed E-state index contributed by atoms with van der Waals surface area (Å²) < 4.78 is 10.7. The van der Waals surface area contributed by atoms with Gasteiger partial charge in [0, 0.05) is 19.6 Å². The third-order valence-corrected chi connectivity index (χ3v) is 4.67. The molecule has 0 aliphatic carbocycles. The minimum absolute atomic E-state index is 0.0400. The minimum Gasteiger partial charge on any atom is -0.444 e. The van der Waals surface area contributed by atoms with Crippen molar-refractivity contribution in [2.24, 2.45) is 11.8 Å². The van der Waals surface area contributed by atoms with E-state index in [1.54, 1.807) is 4.90 Å². The highest BCUT2D eigenvalue weighted by Crippen LogP contribution is 2.31. The Morgan fingerprint density at radius 1 is 1.07 bits per heavy atom. The van der Waals surface area contributed by atoms with E-state index in [1.165, 1.54) is 4.90 Å². The molecule has 0 N–H and O–H groups in total. The molecule has 1 aromatic carbocycles. The molecule has 1 aromatic rings. The molecule has 2 saturated heterocycles. The lowest BCUT2D eigenvalue weighted by Crippen LogP contribution is -2.58. The van der Waals surface area contributed by atoms with Crippen LogP contribution in [0.25, 0.3) is 0 Å². The molecule has 0 radical (unpaired) electrons. The number of carbonyl (C=O) groups excluding carboxylic acids is 3. The van der Waals surface area contributed by atoms with Crippen molar-refractivity contribution in [2.45, 2.75) is 39.4 Å². The van der Waals surface area contributed by atoms with Crippen LogP contribution in [0, 0.1) is 11.8 Å². The van der Waals surface area contributed by atoms with Crippen LogP contribution in [0.2, 0.25) is 0 Å². The van der Waals surface area contributed by atoms with Crippen molar-refractivity contribution in [1.82, 2.24) is 9.80 Å². The average Bonchev–Trinajstić information content (AvgIpc) is 2.62. The van der Waals surface area contributed by atoms with Crippen molar-refractivity contribution >= 4 is 18.1 Å². The second-order valence-electron chi connectivity index (χ2n) is 8.17. The molecule has 2 heterocycles. The van der Waals surface area contributed by atoms with E-state index in [-0.39, 0.29) is 31.5 Å². The molecule has 0 aromatic heterocycles. The molecule has 2 unspecified atom stereocenters. The van der Waals surface area contributed by atoms with E-state index in [2.05, 4.69) is 0 Å². The number of nitrogens with zero attached hydrogens (tertiary/aromatic N) is 2. The van der Waals surface area contributed by atoms with Crippen LogP contribution < -0.4 is 0 Å². The Balaban J connectivity index is 1.59. The second kappa shape index (κ2) is 7.58. The number of imide groups is 1. The Kier molecular flexibility index (Phi) is 5.39. The molecule has 146 valence electrons. The summed E-state index contributed by atoms with van der Waals surface area (Å²) in [6.07, 6.45) is -0.352. The smallest absolute Gasteiger partial charge is 0.416 e. The van der Waals surface area contributed by atoms with Gasteiger partial charge in [-0.2, -0.15) is 0 Å². The number of benzene rings is 1. The fraction of sp³-hybridized carbons (Fsp3) is 0.550. The molecule has 7 nitrogen and oxygen atoms in total. The van der Waals surface area contributed by atoms with E-state index < -0.39 is 23.7 Å². The Morgan fingerprint density at radius 2 is 1.78 bits per heavy atom. The van der Waals surface area contributed by atoms with E-state index in [1.807, 2.05) is 51.1 Å². The lowest BCUT2D eigenvalue weighted by Gasteiger charge is -2.43. The van der Waals surface area contributed by atoms with Gasteiger partial charge in [0.25, 0.3) is 0 Å². The van der Waals surface area contributed by atoms with Crippen molar-refractivity contribution in [3.8, 4) is 0 Å². The molecule has 2 aliphatic rings. The highest BCUT2D eigenvalue weighted by Gasteiger charge is 2.44. The number of piperidine rings is 2. The van der Waals surface area contributed by atoms with Crippen LogP contribution in [-0.4, -0.2) is 53.1 Å². The molecule has 3 amide bonds. The van der Waals surface area contributed by atoms with Crippen LogP contribution in [0.15, 0.2) is 30.3 Å². The topological polar surface area (TPSA) is 76.2 Å². The molecular weight excluding hydrogens is 348 g/mol. The van der Waals surface area contributed by atoms with E-state index in [0.717, 1.165) is 5.56 Å². The summed E-state index contributed by atoms with van der Waals surface area (Å²) in [5, 5.41) is 0. The standard InChI is InChI=1S/C20H26N2O5/c1-20(2,3)27-18(24)21-10-15-9-16(12-21)17(23)22(11-15)19(25)26-13-14-7-5-4-6-8-14/h4-8,15-16H,9-13H2,1-3H3. The zero-order valence-corrected chi connectivity index (χ0v) is 16.0. The normalized spacial score (nSPS) is 22.4. The minimum atomic E-state index is -0.621. The summed E-state index contributed by atoms with van der Waals surface area (Å²) in [5.74, 6) is -0.634. The van der Waals surface area contributed by atoms with Gasteiger partial charge in [0.1, 0.15) is 12.2 Å². The number of fused-ring (bicyclic) bond motifs is 2. The van der Waals surface area contributed by atoms with E-state index in [4.69, 9.17) is 9.47 Å². The first kappa shape index (κ1) is 19.2. The summed E-state index contributed by atoms with van der Waals surface area (Å²) in [6.45, 7) is 6.57. The van der Waals surface area contributed by atoms with Gasteiger partial charge in [0.2, 0.25) is 5.91 Å². The molecule has 2 bridgehead atoms. The van der Waals surface area contributed by atoms with Gasteiger partial charge in [-0.25, -0.2) is 14.5 Å². The first-order chi connectivity index (χ1) is 12.7. The third kappa shape index (κ3) is 4.78. The summed E-state index contributed by atoms with van der Waals surface area (Å²) in [4.78, 5) is 40.2. The average molecular weight is 374 g/mol. The molecule has 0 saturated carbocycles. The van der Waals surface area contributed by atoms with Gasteiger partial charge in [-0.15, -0.1) is 0 Å². The van der Waals surface area contributed by atoms with Crippen LogP contribution in [-0.2, 0) is 20.9 Å². The SMILES string of the molecule is CC(C)(C)OC(=O)N1CC2CC(C1)C(=O)N(C(=O)OCc1ccccc1)C2. The first-order valence-corrected chi connectivity index (χ1v) is 9.23. The van der Waals surface area contributed by atoms with Crippen molar-refractivity contribution in [3.63, 3.8) is 0 Å². The third-order valence-electron chi connectivity index (χ3n) is 4.67. The number of carbonyl (C=O) groups is 3. The molecule has 2 atom stereocenters. The van der Waals surface area contributed by atoms with Crippen LogP contribution in [0.3, 0.4) is 0 Å². The zero-order chi connectivity index (χ0) is 19.6. The summed E-state index contributed by atoms with van der Waals surface area (Å²) in [6, 6.07) is 9.34. The zero-order valence-electron chi connectivity index (χ0n) is 16.0. The number of ether oxygens (including phenoxy) is 2. The van der Waals surface area contributed by atoms with Crippen LogP contribution in [0.1, 0.15) is 32.8 Å². The summed E-state index contributed by atoms with van der Waals surface area (Å²) >= 11 is 0.